The van der Waals surface area contributed by atoms with E-state index < -0.39 is 11.9 Å². The zero-order valence-corrected chi connectivity index (χ0v) is 12.2. The number of carbonyl (C=O) groups is 2. The third kappa shape index (κ3) is 2.30. The van der Waals surface area contributed by atoms with Crippen LogP contribution in [0.4, 0.5) is 4.79 Å². The molecule has 0 aromatic rings. The van der Waals surface area contributed by atoms with Gasteiger partial charge in [0.05, 0.1) is 5.92 Å². The number of rotatable bonds is 2. The second-order valence-electron chi connectivity index (χ2n) is 6.95. The van der Waals surface area contributed by atoms with Crippen molar-refractivity contribution in [2.24, 2.45) is 16.7 Å². The number of hydrogen-bond acceptors (Lipinski definition) is 2. The van der Waals surface area contributed by atoms with E-state index in [4.69, 9.17) is 5.11 Å². The highest BCUT2D eigenvalue weighted by Gasteiger charge is 2.65. The Morgan fingerprint density at radius 3 is 2.26 bits per heavy atom. The molecule has 1 atom stereocenters. The van der Waals surface area contributed by atoms with Gasteiger partial charge in [0, 0.05) is 19.1 Å². The first-order valence-corrected chi connectivity index (χ1v) is 6.96. The minimum absolute atomic E-state index is 0.102. The van der Waals surface area contributed by atoms with Crippen LogP contribution in [0.5, 0.6) is 0 Å². The normalized spacial score (nSPS) is 28.8. The summed E-state index contributed by atoms with van der Waals surface area (Å²) in [5.41, 5.74) is 0.204. The third-order valence-electron chi connectivity index (χ3n) is 5.35. The maximum absolute atomic E-state index is 12.2. The van der Waals surface area contributed by atoms with Gasteiger partial charge in [0.25, 0.3) is 0 Å². The molecule has 2 aliphatic rings. The van der Waals surface area contributed by atoms with E-state index in [-0.39, 0.29) is 22.9 Å². The first-order chi connectivity index (χ1) is 8.68. The standard InChI is InChI=1S/C14H24N2O3/c1-13(2)11(14(13,3)4)15-12(19)16-7-5-6-9(8-16)10(17)18/h9,11H,5-8H2,1-4H3,(H,15,19)(H,17,18). The van der Waals surface area contributed by atoms with E-state index in [1.54, 1.807) is 4.90 Å². The smallest absolute Gasteiger partial charge is 0.317 e. The summed E-state index contributed by atoms with van der Waals surface area (Å²) >= 11 is 0. The van der Waals surface area contributed by atoms with E-state index in [1.807, 2.05) is 0 Å². The van der Waals surface area contributed by atoms with Crippen molar-refractivity contribution in [2.45, 2.75) is 46.6 Å². The highest BCUT2D eigenvalue weighted by molar-refractivity contribution is 5.77. The Kier molecular flexibility index (Phi) is 3.27. The molecule has 1 saturated carbocycles. The Morgan fingerprint density at radius 1 is 1.21 bits per heavy atom. The Labute approximate surface area is 114 Å². The lowest BCUT2D eigenvalue weighted by Gasteiger charge is -2.31. The van der Waals surface area contributed by atoms with Crippen LogP contribution in [0.1, 0.15) is 40.5 Å². The molecule has 5 heteroatoms. The highest BCUT2D eigenvalue weighted by Crippen LogP contribution is 2.62. The Hall–Kier alpha value is -1.26. The molecule has 0 radical (unpaired) electrons. The van der Waals surface area contributed by atoms with Gasteiger partial charge in [0.1, 0.15) is 0 Å². The minimum Gasteiger partial charge on any atom is -0.481 e. The summed E-state index contributed by atoms with van der Waals surface area (Å²) in [4.78, 5) is 24.9. The van der Waals surface area contributed by atoms with Crippen LogP contribution in [0.3, 0.4) is 0 Å². The molecule has 2 fully saturated rings. The number of hydrogen-bond donors (Lipinski definition) is 2. The molecule has 0 aromatic carbocycles. The molecule has 0 aromatic heterocycles. The molecule has 1 saturated heterocycles. The molecule has 1 aliphatic carbocycles. The number of nitrogens with one attached hydrogen (secondary N) is 1. The fourth-order valence-electron chi connectivity index (χ4n) is 3.14. The number of amides is 2. The molecule has 108 valence electrons. The Balaban J connectivity index is 1.93. The van der Waals surface area contributed by atoms with Gasteiger partial charge in [-0.1, -0.05) is 27.7 Å². The maximum Gasteiger partial charge on any atom is 0.317 e. The summed E-state index contributed by atoms with van der Waals surface area (Å²) in [7, 11) is 0. The fraction of sp³-hybridized carbons (Fsp3) is 0.857. The van der Waals surface area contributed by atoms with Crippen molar-refractivity contribution < 1.29 is 14.7 Å². The Morgan fingerprint density at radius 2 is 1.79 bits per heavy atom. The molecule has 1 unspecified atom stereocenters. The number of carboxylic acids is 1. The topological polar surface area (TPSA) is 69.6 Å². The zero-order chi connectivity index (χ0) is 14.4. The summed E-state index contributed by atoms with van der Waals surface area (Å²) < 4.78 is 0. The van der Waals surface area contributed by atoms with Crippen LogP contribution in [0.25, 0.3) is 0 Å². The number of piperidine rings is 1. The minimum atomic E-state index is -0.801. The molecule has 1 aliphatic heterocycles. The summed E-state index contributed by atoms with van der Waals surface area (Å²) in [6.45, 7) is 9.57. The van der Waals surface area contributed by atoms with E-state index >= 15 is 0 Å². The number of urea groups is 1. The van der Waals surface area contributed by atoms with Crippen molar-refractivity contribution in [3.05, 3.63) is 0 Å². The number of carbonyl (C=O) groups excluding carboxylic acids is 1. The second-order valence-corrected chi connectivity index (χ2v) is 6.95. The molecular weight excluding hydrogens is 244 g/mol. The van der Waals surface area contributed by atoms with Crippen molar-refractivity contribution >= 4 is 12.0 Å². The summed E-state index contributed by atoms with van der Waals surface area (Å²) in [5.74, 6) is -1.22. The molecule has 1 heterocycles. The first-order valence-electron chi connectivity index (χ1n) is 6.96. The summed E-state index contributed by atoms with van der Waals surface area (Å²) in [6.07, 6.45) is 1.43. The lowest BCUT2D eigenvalue weighted by atomic mass is 9.99. The predicted octanol–water partition coefficient (Wildman–Crippen LogP) is 1.93. The van der Waals surface area contributed by atoms with E-state index in [1.165, 1.54) is 0 Å². The van der Waals surface area contributed by atoms with Crippen LogP contribution in [-0.2, 0) is 4.79 Å². The monoisotopic (exact) mass is 268 g/mol. The van der Waals surface area contributed by atoms with Gasteiger partial charge in [0.15, 0.2) is 0 Å². The molecule has 0 bridgehead atoms. The lowest BCUT2D eigenvalue weighted by molar-refractivity contribution is -0.143. The van der Waals surface area contributed by atoms with Gasteiger partial charge in [-0.05, 0) is 23.7 Å². The average molecular weight is 268 g/mol. The van der Waals surface area contributed by atoms with Crippen molar-refractivity contribution in [3.8, 4) is 0 Å². The number of aliphatic carboxylic acids is 1. The van der Waals surface area contributed by atoms with Gasteiger partial charge >= 0.3 is 12.0 Å². The number of nitrogens with zero attached hydrogens (tertiary/aromatic N) is 1. The van der Waals surface area contributed by atoms with E-state index in [9.17, 15) is 9.59 Å². The van der Waals surface area contributed by atoms with Crippen molar-refractivity contribution in [2.75, 3.05) is 13.1 Å². The molecule has 2 N–H and O–H groups in total. The molecule has 2 rings (SSSR count). The average Bonchev–Trinajstić information content (AvgIpc) is 2.71. The van der Waals surface area contributed by atoms with Crippen LogP contribution in [0.15, 0.2) is 0 Å². The van der Waals surface area contributed by atoms with Crippen LogP contribution in [-0.4, -0.2) is 41.1 Å². The molecule has 2 amide bonds. The summed E-state index contributed by atoms with van der Waals surface area (Å²) in [6, 6.07) is 0.0484. The maximum atomic E-state index is 12.2. The van der Waals surface area contributed by atoms with Crippen molar-refractivity contribution in [3.63, 3.8) is 0 Å². The molecule has 5 nitrogen and oxygen atoms in total. The van der Waals surface area contributed by atoms with E-state index in [0.717, 1.165) is 6.42 Å². The lowest BCUT2D eigenvalue weighted by Crippen LogP contribution is -2.48. The quantitative estimate of drug-likeness (QED) is 0.804. The van der Waals surface area contributed by atoms with Gasteiger partial charge in [-0.15, -0.1) is 0 Å². The van der Waals surface area contributed by atoms with Crippen LogP contribution in [0, 0.1) is 16.7 Å². The Bertz CT molecular complexity index is 389. The van der Waals surface area contributed by atoms with Crippen molar-refractivity contribution in [1.82, 2.24) is 10.2 Å². The number of carboxylic acid groups (broad SMARTS) is 1. The second kappa shape index (κ2) is 4.39. The van der Waals surface area contributed by atoms with Gasteiger partial charge in [-0.3, -0.25) is 4.79 Å². The highest BCUT2D eigenvalue weighted by atomic mass is 16.4. The van der Waals surface area contributed by atoms with Gasteiger partial charge in [-0.25, -0.2) is 4.79 Å². The van der Waals surface area contributed by atoms with Gasteiger partial charge in [0.2, 0.25) is 0 Å². The van der Waals surface area contributed by atoms with Gasteiger partial charge < -0.3 is 15.3 Å². The zero-order valence-electron chi connectivity index (χ0n) is 12.2. The third-order valence-corrected chi connectivity index (χ3v) is 5.35. The first kappa shape index (κ1) is 14.2. The van der Waals surface area contributed by atoms with Crippen LogP contribution in [0.2, 0.25) is 0 Å². The fourth-order valence-corrected chi connectivity index (χ4v) is 3.14. The van der Waals surface area contributed by atoms with Crippen molar-refractivity contribution in [1.29, 1.82) is 0 Å². The molecule has 19 heavy (non-hydrogen) atoms. The molecule has 0 spiro atoms. The van der Waals surface area contributed by atoms with Gasteiger partial charge in [-0.2, -0.15) is 0 Å². The predicted molar refractivity (Wildman–Crippen MR) is 71.8 cm³/mol. The van der Waals surface area contributed by atoms with Crippen LogP contribution >= 0.6 is 0 Å². The summed E-state index contributed by atoms with van der Waals surface area (Å²) in [5, 5.41) is 12.1. The largest absolute Gasteiger partial charge is 0.481 e. The van der Waals surface area contributed by atoms with E-state index in [0.29, 0.717) is 19.5 Å². The SMILES string of the molecule is CC1(C)C(NC(=O)N2CCCC(C(=O)O)C2)C1(C)C. The van der Waals surface area contributed by atoms with Crippen LogP contribution < -0.4 is 5.32 Å². The number of likely N-dealkylation sites (tertiary alicyclic amines) is 1. The molecular formula is C14H24N2O3. The van der Waals surface area contributed by atoms with E-state index in [2.05, 4.69) is 33.0 Å².